The number of nitrogens with zero attached hydrogens (tertiary/aromatic N) is 1. The number of rotatable bonds is 2. The molecule has 4 nitrogen and oxygen atoms in total. The number of hydrogen-bond acceptors (Lipinski definition) is 4. The van der Waals surface area contributed by atoms with Crippen LogP contribution in [-0.2, 0) is 9.84 Å². The Morgan fingerprint density at radius 2 is 2.11 bits per heavy atom. The standard InChI is InChI=1S/C12H9BrN2O2S2/c1-19(16,17)7-2-3-9-10(6-7)15-12(14-9)11-8(13)4-5-18-11/h2-6H,1H3,(H,14,15). The monoisotopic (exact) mass is 356 g/mol. The Morgan fingerprint density at radius 3 is 2.74 bits per heavy atom. The van der Waals surface area contributed by atoms with E-state index in [4.69, 9.17) is 0 Å². The lowest BCUT2D eigenvalue weighted by molar-refractivity contribution is 0.602. The van der Waals surface area contributed by atoms with E-state index in [1.54, 1.807) is 29.5 Å². The van der Waals surface area contributed by atoms with Crippen LogP contribution in [0.4, 0.5) is 0 Å². The van der Waals surface area contributed by atoms with Gasteiger partial charge in [-0.1, -0.05) is 0 Å². The summed E-state index contributed by atoms with van der Waals surface area (Å²) in [6.07, 6.45) is 1.20. The minimum Gasteiger partial charge on any atom is -0.337 e. The van der Waals surface area contributed by atoms with E-state index in [1.807, 2.05) is 11.4 Å². The molecular weight excluding hydrogens is 348 g/mol. The Labute approximate surface area is 122 Å². The van der Waals surface area contributed by atoms with E-state index in [0.717, 1.165) is 26.2 Å². The van der Waals surface area contributed by atoms with Crippen molar-refractivity contribution in [2.45, 2.75) is 4.90 Å². The maximum atomic E-state index is 11.5. The highest BCUT2D eigenvalue weighted by atomic mass is 79.9. The zero-order chi connectivity index (χ0) is 13.6. The Bertz CT molecular complexity index is 865. The second-order valence-corrected chi connectivity index (χ2v) is 7.92. The molecule has 0 bridgehead atoms. The zero-order valence-electron chi connectivity index (χ0n) is 9.84. The van der Waals surface area contributed by atoms with E-state index in [1.165, 1.54) is 6.26 Å². The molecule has 0 saturated heterocycles. The second-order valence-electron chi connectivity index (χ2n) is 4.13. The Morgan fingerprint density at radius 1 is 1.32 bits per heavy atom. The predicted octanol–water partition coefficient (Wildman–Crippen LogP) is 3.46. The average Bonchev–Trinajstić information content (AvgIpc) is 2.91. The van der Waals surface area contributed by atoms with Crippen LogP contribution in [0.25, 0.3) is 21.7 Å². The van der Waals surface area contributed by atoms with Crippen LogP contribution < -0.4 is 0 Å². The highest BCUT2D eigenvalue weighted by Gasteiger charge is 2.13. The molecule has 0 fully saturated rings. The van der Waals surface area contributed by atoms with Gasteiger partial charge >= 0.3 is 0 Å². The molecule has 19 heavy (non-hydrogen) atoms. The number of benzene rings is 1. The molecule has 0 spiro atoms. The summed E-state index contributed by atoms with van der Waals surface area (Å²) >= 11 is 5.03. The van der Waals surface area contributed by atoms with Crippen molar-refractivity contribution in [3.05, 3.63) is 34.1 Å². The molecule has 3 aromatic rings. The molecule has 3 rings (SSSR count). The van der Waals surface area contributed by atoms with Crippen molar-refractivity contribution in [3.8, 4) is 10.7 Å². The number of aromatic amines is 1. The van der Waals surface area contributed by atoms with Crippen molar-refractivity contribution in [2.75, 3.05) is 6.26 Å². The van der Waals surface area contributed by atoms with Gasteiger partial charge in [-0.05, 0) is 45.6 Å². The molecule has 0 amide bonds. The molecule has 0 aliphatic rings. The van der Waals surface area contributed by atoms with Gasteiger partial charge in [-0.15, -0.1) is 11.3 Å². The predicted molar refractivity (Wildman–Crippen MR) is 80.2 cm³/mol. The summed E-state index contributed by atoms with van der Waals surface area (Å²) in [5.41, 5.74) is 1.47. The van der Waals surface area contributed by atoms with Crippen molar-refractivity contribution in [3.63, 3.8) is 0 Å². The Hall–Kier alpha value is -1.18. The minimum atomic E-state index is -3.20. The molecule has 2 heterocycles. The van der Waals surface area contributed by atoms with E-state index >= 15 is 0 Å². The van der Waals surface area contributed by atoms with E-state index in [-0.39, 0.29) is 0 Å². The minimum absolute atomic E-state index is 0.292. The summed E-state index contributed by atoms with van der Waals surface area (Å²) in [6, 6.07) is 6.86. The van der Waals surface area contributed by atoms with Gasteiger partial charge in [0.15, 0.2) is 9.84 Å². The van der Waals surface area contributed by atoms with Gasteiger partial charge in [0.2, 0.25) is 0 Å². The molecule has 0 unspecified atom stereocenters. The van der Waals surface area contributed by atoms with Crippen LogP contribution in [0.3, 0.4) is 0 Å². The number of aromatic nitrogens is 2. The second kappa shape index (κ2) is 4.43. The summed E-state index contributed by atoms with van der Waals surface area (Å²) in [6.45, 7) is 0. The first-order valence-electron chi connectivity index (χ1n) is 5.38. The molecule has 1 aromatic carbocycles. The van der Waals surface area contributed by atoms with E-state index in [2.05, 4.69) is 25.9 Å². The first kappa shape index (κ1) is 12.8. The topological polar surface area (TPSA) is 62.8 Å². The third kappa shape index (κ3) is 2.33. The van der Waals surface area contributed by atoms with Gasteiger partial charge in [0.1, 0.15) is 5.82 Å². The molecule has 0 saturated carbocycles. The molecular formula is C12H9BrN2O2S2. The molecule has 0 atom stereocenters. The SMILES string of the molecule is CS(=O)(=O)c1ccc2nc(-c3sccc3Br)[nH]c2c1. The van der Waals surface area contributed by atoms with Crippen LogP contribution in [0.2, 0.25) is 0 Å². The van der Waals surface area contributed by atoms with Gasteiger partial charge in [0.25, 0.3) is 0 Å². The van der Waals surface area contributed by atoms with Crippen molar-refractivity contribution in [2.24, 2.45) is 0 Å². The van der Waals surface area contributed by atoms with E-state index < -0.39 is 9.84 Å². The van der Waals surface area contributed by atoms with Crippen LogP contribution in [0, 0.1) is 0 Å². The lowest BCUT2D eigenvalue weighted by atomic mass is 10.3. The fraction of sp³-hybridized carbons (Fsp3) is 0.0833. The lowest BCUT2D eigenvalue weighted by Gasteiger charge is -1.96. The van der Waals surface area contributed by atoms with E-state index in [9.17, 15) is 8.42 Å². The van der Waals surface area contributed by atoms with Crippen LogP contribution >= 0.6 is 27.3 Å². The number of halogens is 1. The number of nitrogens with one attached hydrogen (secondary N) is 1. The van der Waals surface area contributed by atoms with Crippen molar-refractivity contribution in [1.82, 2.24) is 9.97 Å². The summed E-state index contributed by atoms with van der Waals surface area (Å²) in [7, 11) is -3.20. The van der Waals surface area contributed by atoms with Crippen molar-refractivity contribution >= 4 is 48.1 Å². The molecule has 2 aromatic heterocycles. The molecule has 0 radical (unpaired) electrons. The summed E-state index contributed by atoms with van der Waals surface area (Å²) in [5.74, 6) is 0.738. The molecule has 98 valence electrons. The molecule has 0 aliphatic carbocycles. The number of sulfone groups is 1. The van der Waals surface area contributed by atoms with Gasteiger partial charge in [-0.25, -0.2) is 13.4 Å². The molecule has 0 aliphatic heterocycles. The van der Waals surface area contributed by atoms with E-state index in [0.29, 0.717) is 4.90 Å². The van der Waals surface area contributed by atoms with Crippen LogP contribution in [0.15, 0.2) is 39.0 Å². The number of H-pyrrole nitrogens is 1. The van der Waals surface area contributed by atoms with Crippen LogP contribution in [-0.4, -0.2) is 24.6 Å². The number of fused-ring (bicyclic) bond motifs is 1. The van der Waals surface area contributed by atoms with Gasteiger partial charge in [0.05, 0.1) is 20.8 Å². The number of thiophene rings is 1. The third-order valence-corrected chi connectivity index (χ3v) is 5.67. The average molecular weight is 357 g/mol. The Kier molecular flexibility index (Phi) is 2.99. The van der Waals surface area contributed by atoms with Gasteiger partial charge in [-0.2, -0.15) is 0 Å². The zero-order valence-corrected chi connectivity index (χ0v) is 13.1. The number of imidazole rings is 1. The quantitative estimate of drug-likeness (QED) is 0.764. The fourth-order valence-electron chi connectivity index (χ4n) is 1.79. The van der Waals surface area contributed by atoms with Crippen molar-refractivity contribution < 1.29 is 8.42 Å². The molecule has 1 N–H and O–H groups in total. The van der Waals surface area contributed by atoms with Gasteiger partial charge in [-0.3, -0.25) is 0 Å². The molecule has 7 heteroatoms. The highest BCUT2D eigenvalue weighted by Crippen LogP contribution is 2.33. The fourth-order valence-corrected chi connectivity index (χ4v) is 3.94. The van der Waals surface area contributed by atoms with Gasteiger partial charge < -0.3 is 4.98 Å². The van der Waals surface area contributed by atoms with Gasteiger partial charge in [0, 0.05) is 10.7 Å². The van der Waals surface area contributed by atoms with Crippen LogP contribution in [0.5, 0.6) is 0 Å². The summed E-state index contributed by atoms with van der Waals surface area (Å²) in [5, 5.41) is 1.97. The first-order chi connectivity index (χ1) is 8.95. The third-order valence-electron chi connectivity index (χ3n) is 2.71. The smallest absolute Gasteiger partial charge is 0.175 e. The maximum absolute atomic E-state index is 11.5. The normalized spacial score (nSPS) is 12.1. The lowest BCUT2D eigenvalue weighted by Crippen LogP contribution is -1.96. The van der Waals surface area contributed by atoms with Crippen molar-refractivity contribution in [1.29, 1.82) is 0 Å². The largest absolute Gasteiger partial charge is 0.337 e. The van der Waals surface area contributed by atoms with Crippen LogP contribution in [0.1, 0.15) is 0 Å². The first-order valence-corrected chi connectivity index (χ1v) is 8.95. The summed E-state index contributed by atoms with van der Waals surface area (Å²) in [4.78, 5) is 8.91. The maximum Gasteiger partial charge on any atom is 0.175 e. The number of hydrogen-bond donors (Lipinski definition) is 1. The highest BCUT2D eigenvalue weighted by molar-refractivity contribution is 9.10. The Balaban J connectivity index is 2.19. The summed E-state index contributed by atoms with van der Waals surface area (Å²) < 4.78 is 24.0.